The molecule has 0 radical (unpaired) electrons. The van der Waals surface area contributed by atoms with Crippen molar-refractivity contribution in [2.75, 3.05) is 16.8 Å². The zero-order chi connectivity index (χ0) is 18.8. The van der Waals surface area contributed by atoms with E-state index in [0.717, 1.165) is 0 Å². The number of halogens is 1. The fourth-order valence-electron chi connectivity index (χ4n) is 2.88. The standard InChI is InChI=1S/C18H16ClN3O4/c1-11-2-5-14(9-16(11)22(25)26)20-18(24)12-8-17(23)21(10-12)15-6-3-13(19)4-7-15/h2-7,9,12H,8,10H2,1H3,(H,20,24)/t12-/m1/s1. The van der Waals surface area contributed by atoms with Crippen LogP contribution in [0.5, 0.6) is 0 Å². The largest absolute Gasteiger partial charge is 0.326 e. The lowest BCUT2D eigenvalue weighted by Crippen LogP contribution is -2.28. The quantitative estimate of drug-likeness (QED) is 0.655. The number of aryl methyl sites for hydroxylation is 1. The van der Waals surface area contributed by atoms with Crippen molar-refractivity contribution in [3.8, 4) is 0 Å². The summed E-state index contributed by atoms with van der Waals surface area (Å²) >= 11 is 5.85. The number of amides is 2. The SMILES string of the molecule is Cc1ccc(NC(=O)[C@@H]2CC(=O)N(c3ccc(Cl)cc3)C2)cc1[N+](=O)[O-]. The zero-order valence-corrected chi connectivity index (χ0v) is 14.7. The first-order chi connectivity index (χ1) is 12.3. The number of rotatable bonds is 4. The Labute approximate surface area is 154 Å². The van der Waals surface area contributed by atoms with E-state index in [1.54, 1.807) is 43.3 Å². The second-order valence-electron chi connectivity index (χ2n) is 6.13. The molecule has 0 aromatic heterocycles. The number of nitro groups is 1. The lowest BCUT2D eigenvalue weighted by molar-refractivity contribution is -0.385. The van der Waals surface area contributed by atoms with Gasteiger partial charge in [0.05, 0.1) is 10.8 Å². The number of benzene rings is 2. The van der Waals surface area contributed by atoms with E-state index in [1.165, 1.54) is 11.0 Å². The molecule has 1 N–H and O–H groups in total. The lowest BCUT2D eigenvalue weighted by atomic mass is 10.1. The van der Waals surface area contributed by atoms with E-state index in [4.69, 9.17) is 11.6 Å². The van der Waals surface area contributed by atoms with E-state index in [-0.39, 0.29) is 30.5 Å². The van der Waals surface area contributed by atoms with Gasteiger partial charge in [0.2, 0.25) is 11.8 Å². The van der Waals surface area contributed by atoms with Gasteiger partial charge in [0.25, 0.3) is 5.69 Å². The third-order valence-electron chi connectivity index (χ3n) is 4.31. The third kappa shape index (κ3) is 3.67. The fraction of sp³-hybridized carbons (Fsp3) is 0.222. The van der Waals surface area contributed by atoms with Gasteiger partial charge in [-0.15, -0.1) is 0 Å². The number of carbonyl (C=O) groups excluding carboxylic acids is 2. The molecule has 3 rings (SSSR count). The molecule has 1 fully saturated rings. The molecule has 1 aliphatic rings. The van der Waals surface area contributed by atoms with Gasteiger partial charge in [0.15, 0.2) is 0 Å². The minimum atomic E-state index is -0.529. The molecule has 0 bridgehead atoms. The van der Waals surface area contributed by atoms with Crippen LogP contribution in [0, 0.1) is 23.0 Å². The van der Waals surface area contributed by atoms with Crippen LogP contribution in [0.1, 0.15) is 12.0 Å². The zero-order valence-electron chi connectivity index (χ0n) is 13.9. The Morgan fingerprint density at radius 1 is 1.27 bits per heavy atom. The van der Waals surface area contributed by atoms with Crippen LogP contribution in [0.4, 0.5) is 17.1 Å². The fourth-order valence-corrected chi connectivity index (χ4v) is 3.01. The average Bonchev–Trinajstić information content (AvgIpc) is 2.99. The summed E-state index contributed by atoms with van der Waals surface area (Å²) in [6, 6.07) is 11.3. The van der Waals surface area contributed by atoms with E-state index in [1.807, 2.05) is 0 Å². The Kier molecular flexibility index (Phi) is 4.90. The van der Waals surface area contributed by atoms with Crippen molar-refractivity contribution in [1.29, 1.82) is 0 Å². The van der Waals surface area contributed by atoms with Gasteiger partial charge in [-0.05, 0) is 37.3 Å². The van der Waals surface area contributed by atoms with Gasteiger partial charge in [0.1, 0.15) is 0 Å². The van der Waals surface area contributed by atoms with Gasteiger partial charge in [0, 0.05) is 41.0 Å². The van der Waals surface area contributed by atoms with Crippen molar-refractivity contribution in [3.05, 3.63) is 63.2 Å². The molecule has 0 unspecified atom stereocenters. The smallest absolute Gasteiger partial charge is 0.274 e. The monoisotopic (exact) mass is 373 g/mol. The lowest BCUT2D eigenvalue weighted by Gasteiger charge is -2.16. The third-order valence-corrected chi connectivity index (χ3v) is 4.56. The van der Waals surface area contributed by atoms with Crippen molar-refractivity contribution in [2.45, 2.75) is 13.3 Å². The Hall–Kier alpha value is -2.93. The first kappa shape index (κ1) is 17.9. The molecule has 1 atom stereocenters. The molecule has 2 aromatic rings. The van der Waals surface area contributed by atoms with Gasteiger partial charge >= 0.3 is 0 Å². The molecule has 0 aliphatic carbocycles. The summed E-state index contributed by atoms with van der Waals surface area (Å²) in [5.41, 5.74) is 1.47. The second-order valence-corrected chi connectivity index (χ2v) is 6.57. The van der Waals surface area contributed by atoms with Gasteiger partial charge in [-0.3, -0.25) is 19.7 Å². The normalized spacial score (nSPS) is 16.6. The number of anilines is 2. The molecule has 7 nitrogen and oxygen atoms in total. The molecule has 1 heterocycles. The summed E-state index contributed by atoms with van der Waals surface area (Å²) in [6.07, 6.45) is 0.0857. The summed E-state index contributed by atoms with van der Waals surface area (Å²) < 4.78 is 0. The van der Waals surface area contributed by atoms with Crippen molar-refractivity contribution < 1.29 is 14.5 Å². The van der Waals surface area contributed by atoms with Gasteiger partial charge in [-0.2, -0.15) is 0 Å². The summed E-state index contributed by atoms with van der Waals surface area (Å²) in [7, 11) is 0. The topological polar surface area (TPSA) is 92.6 Å². The number of carbonyl (C=O) groups is 2. The van der Waals surface area contributed by atoms with Crippen molar-refractivity contribution in [2.24, 2.45) is 5.92 Å². The summed E-state index contributed by atoms with van der Waals surface area (Å²) in [5, 5.41) is 14.2. The highest BCUT2D eigenvalue weighted by Gasteiger charge is 2.35. The number of nitro benzene ring substituents is 1. The van der Waals surface area contributed by atoms with Gasteiger partial charge in [-0.25, -0.2) is 0 Å². The summed E-state index contributed by atoms with van der Waals surface area (Å²) in [4.78, 5) is 36.8. The minimum absolute atomic E-state index is 0.0620. The minimum Gasteiger partial charge on any atom is -0.326 e. The van der Waals surface area contributed by atoms with Crippen LogP contribution in [0.25, 0.3) is 0 Å². The van der Waals surface area contributed by atoms with Crippen LogP contribution >= 0.6 is 11.6 Å². The molecule has 26 heavy (non-hydrogen) atoms. The molecular formula is C18H16ClN3O4. The Morgan fingerprint density at radius 3 is 2.62 bits per heavy atom. The highest BCUT2D eigenvalue weighted by Crippen LogP contribution is 2.28. The van der Waals surface area contributed by atoms with Gasteiger partial charge in [-0.1, -0.05) is 17.7 Å². The van der Waals surface area contributed by atoms with E-state index in [0.29, 0.717) is 22.0 Å². The summed E-state index contributed by atoms with van der Waals surface area (Å²) in [5.74, 6) is -1.02. The molecule has 1 saturated heterocycles. The average molecular weight is 374 g/mol. The maximum absolute atomic E-state index is 12.5. The summed E-state index contributed by atoms with van der Waals surface area (Å²) in [6.45, 7) is 1.88. The van der Waals surface area contributed by atoms with Crippen molar-refractivity contribution in [1.82, 2.24) is 0 Å². The molecule has 0 saturated carbocycles. The Morgan fingerprint density at radius 2 is 1.96 bits per heavy atom. The van der Waals surface area contributed by atoms with E-state index in [2.05, 4.69) is 5.32 Å². The molecular weight excluding hydrogens is 358 g/mol. The van der Waals surface area contributed by atoms with Crippen LogP contribution in [-0.4, -0.2) is 23.3 Å². The number of hydrogen-bond donors (Lipinski definition) is 1. The maximum atomic E-state index is 12.5. The van der Waals surface area contributed by atoms with Crippen LogP contribution in [0.2, 0.25) is 5.02 Å². The molecule has 2 amide bonds. The predicted octanol–water partition coefficient (Wildman–Crippen LogP) is 3.55. The molecule has 8 heteroatoms. The van der Waals surface area contributed by atoms with E-state index < -0.39 is 10.8 Å². The number of nitrogens with zero attached hydrogens (tertiary/aromatic N) is 2. The second kappa shape index (κ2) is 7.13. The first-order valence-corrected chi connectivity index (χ1v) is 8.35. The number of nitrogens with one attached hydrogen (secondary N) is 1. The number of hydrogen-bond acceptors (Lipinski definition) is 4. The van der Waals surface area contributed by atoms with Crippen LogP contribution in [0.3, 0.4) is 0 Å². The highest BCUT2D eigenvalue weighted by molar-refractivity contribution is 6.30. The molecule has 134 valence electrons. The van der Waals surface area contributed by atoms with Crippen molar-refractivity contribution >= 4 is 40.5 Å². The molecule has 2 aromatic carbocycles. The first-order valence-electron chi connectivity index (χ1n) is 7.97. The van der Waals surface area contributed by atoms with Crippen LogP contribution < -0.4 is 10.2 Å². The van der Waals surface area contributed by atoms with E-state index >= 15 is 0 Å². The highest BCUT2D eigenvalue weighted by atomic mass is 35.5. The molecule has 1 aliphatic heterocycles. The van der Waals surface area contributed by atoms with Crippen LogP contribution in [0.15, 0.2) is 42.5 Å². The van der Waals surface area contributed by atoms with E-state index in [9.17, 15) is 19.7 Å². The maximum Gasteiger partial charge on any atom is 0.274 e. The van der Waals surface area contributed by atoms with Crippen LogP contribution in [-0.2, 0) is 9.59 Å². The predicted molar refractivity (Wildman–Crippen MR) is 98.4 cm³/mol. The molecule has 0 spiro atoms. The van der Waals surface area contributed by atoms with Gasteiger partial charge < -0.3 is 10.2 Å². The van der Waals surface area contributed by atoms with Crippen molar-refractivity contribution in [3.63, 3.8) is 0 Å². The Balaban J connectivity index is 1.71. The Bertz CT molecular complexity index is 883.